The molecule has 0 saturated carbocycles. The van der Waals surface area contributed by atoms with Crippen molar-refractivity contribution in [1.82, 2.24) is 15.5 Å². The van der Waals surface area contributed by atoms with E-state index in [9.17, 15) is 9.59 Å². The van der Waals surface area contributed by atoms with Crippen LogP contribution in [0.15, 0.2) is 24.3 Å². The molecule has 5 N–H and O–H groups in total. The van der Waals surface area contributed by atoms with Gasteiger partial charge >= 0.3 is 0 Å². The molecule has 0 bridgehead atoms. The minimum absolute atomic E-state index is 0.0487. The maximum Gasteiger partial charge on any atom is 0.224 e. The first-order chi connectivity index (χ1) is 11.0. The van der Waals surface area contributed by atoms with Crippen molar-refractivity contribution in [2.45, 2.75) is 32.4 Å². The first-order valence-electron chi connectivity index (χ1n) is 7.13. The van der Waals surface area contributed by atoms with Gasteiger partial charge in [-0.2, -0.15) is 0 Å². The van der Waals surface area contributed by atoms with Gasteiger partial charge in [-0.3, -0.25) is 9.59 Å². The molecule has 0 saturated heterocycles. The van der Waals surface area contributed by atoms with Gasteiger partial charge in [-0.15, -0.1) is 10.2 Å². The number of carbonyl (C=O) groups excluding carboxylic acids is 2. The summed E-state index contributed by atoms with van der Waals surface area (Å²) in [5.74, 6) is -0.615. The summed E-state index contributed by atoms with van der Waals surface area (Å²) in [5, 5.41) is 12.1. The third-order valence-corrected chi connectivity index (χ3v) is 4.19. The van der Waals surface area contributed by atoms with Crippen LogP contribution in [0.3, 0.4) is 0 Å². The summed E-state index contributed by atoms with van der Waals surface area (Å²) in [7, 11) is 0. The smallest absolute Gasteiger partial charge is 0.224 e. The van der Waals surface area contributed by atoms with Crippen LogP contribution in [0.25, 0.3) is 0 Å². The summed E-state index contributed by atoms with van der Waals surface area (Å²) in [6.45, 7) is 1.91. The maximum atomic E-state index is 11.5. The monoisotopic (exact) mass is 333 g/mol. The lowest BCUT2D eigenvalue weighted by Gasteiger charge is -2.15. The van der Waals surface area contributed by atoms with Crippen LogP contribution < -0.4 is 16.8 Å². The molecule has 0 spiro atoms. The highest BCUT2D eigenvalue weighted by Gasteiger charge is 2.19. The number of amides is 2. The third kappa shape index (κ3) is 5.11. The van der Waals surface area contributed by atoms with Crippen molar-refractivity contribution in [2.75, 3.05) is 0 Å². The fraction of sp³-hybridized carbons (Fsp3) is 0.333. The van der Waals surface area contributed by atoms with Crippen molar-refractivity contribution in [3.05, 3.63) is 45.4 Å². The molecule has 0 aliphatic heterocycles. The summed E-state index contributed by atoms with van der Waals surface area (Å²) < 4.78 is 0. The molecule has 0 radical (unpaired) electrons. The van der Waals surface area contributed by atoms with E-state index in [0.29, 0.717) is 23.0 Å². The molecule has 0 aliphatic carbocycles. The highest BCUT2D eigenvalue weighted by atomic mass is 32.1. The van der Waals surface area contributed by atoms with Crippen molar-refractivity contribution in [2.24, 2.45) is 11.5 Å². The molecule has 8 heteroatoms. The van der Waals surface area contributed by atoms with E-state index in [4.69, 9.17) is 11.5 Å². The second-order valence-corrected chi connectivity index (χ2v) is 6.25. The van der Waals surface area contributed by atoms with Crippen molar-refractivity contribution in [3.63, 3.8) is 0 Å². The first-order valence-corrected chi connectivity index (χ1v) is 7.95. The molecule has 23 heavy (non-hydrogen) atoms. The third-order valence-electron chi connectivity index (χ3n) is 3.15. The second kappa shape index (κ2) is 7.80. The number of hydrogen-bond donors (Lipinski definition) is 3. The van der Waals surface area contributed by atoms with E-state index in [-0.39, 0.29) is 18.4 Å². The highest BCUT2D eigenvalue weighted by Crippen LogP contribution is 2.23. The molecule has 0 aliphatic rings. The number of nitrogens with zero attached hydrogens (tertiary/aromatic N) is 2. The van der Waals surface area contributed by atoms with Gasteiger partial charge in [0.2, 0.25) is 11.8 Å². The summed E-state index contributed by atoms with van der Waals surface area (Å²) in [5.41, 5.74) is 12.9. The number of primary amides is 1. The molecule has 122 valence electrons. The van der Waals surface area contributed by atoms with Crippen LogP contribution in [0, 0.1) is 0 Å². The number of hydrogen-bond acceptors (Lipinski definition) is 6. The SMILES string of the molecule is CC(=O)N[C@@H](Cc1cccc(CN)c1)c1nnc(CC(N)=O)s1. The molecular weight excluding hydrogens is 314 g/mol. The molecule has 0 fully saturated rings. The zero-order valence-corrected chi connectivity index (χ0v) is 13.6. The second-order valence-electron chi connectivity index (χ2n) is 5.16. The van der Waals surface area contributed by atoms with Crippen LogP contribution in [0.4, 0.5) is 0 Å². The van der Waals surface area contributed by atoms with Gasteiger partial charge in [-0.05, 0) is 17.5 Å². The zero-order chi connectivity index (χ0) is 16.8. The number of rotatable bonds is 7. The van der Waals surface area contributed by atoms with Gasteiger partial charge in [0.05, 0.1) is 12.5 Å². The maximum absolute atomic E-state index is 11.5. The molecule has 2 aromatic rings. The Hall–Kier alpha value is -2.32. The Bertz CT molecular complexity index is 701. The van der Waals surface area contributed by atoms with Crippen LogP contribution in [0.1, 0.15) is 34.1 Å². The van der Waals surface area contributed by atoms with E-state index in [1.807, 2.05) is 24.3 Å². The lowest BCUT2D eigenvalue weighted by molar-refractivity contribution is -0.120. The predicted octanol–water partition coefficient (Wildman–Crippen LogP) is 0.444. The number of benzene rings is 1. The van der Waals surface area contributed by atoms with Gasteiger partial charge in [-0.1, -0.05) is 35.6 Å². The Balaban J connectivity index is 2.20. The summed E-state index contributed by atoms with van der Waals surface area (Å²) >= 11 is 1.28. The largest absolute Gasteiger partial charge is 0.369 e. The molecule has 2 amide bonds. The van der Waals surface area contributed by atoms with Crippen molar-refractivity contribution in [1.29, 1.82) is 0 Å². The lowest BCUT2D eigenvalue weighted by Crippen LogP contribution is -2.27. The zero-order valence-electron chi connectivity index (χ0n) is 12.8. The quantitative estimate of drug-likeness (QED) is 0.678. The standard InChI is InChI=1S/C15H19N5O2S/c1-9(21)18-12(6-10-3-2-4-11(5-10)8-16)15-20-19-14(23-15)7-13(17)22/h2-5,12H,6-8,16H2,1H3,(H2,17,22)(H,18,21)/t12-/m0/s1. The molecule has 0 unspecified atom stereocenters. The summed E-state index contributed by atoms with van der Waals surface area (Å²) in [4.78, 5) is 22.4. The average molecular weight is 333 g/mol. The van der Waals surface area contributed by atoms with E-state index < -0.39 is 5.91 Å². The molecule has 2 rings (SSSR count). The minimum Gasteiger partial charge on any atom is -0.369 e. The Labute approximate surface area is 138 Å². The van der Waals surface area contributed by atoms with Gasteiger partial charge < -0.3 is 16.8 Å². The van der Waals surface area contributed by atoms with Crippen molar-refractivity contribution >= 4 is 23.2 Å². The van der Waals surface area contributed by atoms with E-state index in [1.54, 1.807) is 0 Å². The van der Waals surface area contributed by atoms with Crippen LogP contribution in [-0.4, -0.2) is 22.0 Å². The Morgan fingerprint density at radius 2 is 2.04 bits per heavy atom. The van der Waals surface area contributed by atoms with Crippen molar-refractivity contribution < 1.29 is 9.59 Å². The first kappa shape index (κ1) is 17.0. The summed E-state index contributed by atoms with van der Waals surface area (Å²) in [6, 6.07) is 7.55. The fourth-order valence-electron chi connectivity index (χ4n) is 2.19. The normalized spacial score (nSPS) is 11.9. The Kier molecular flexibility index (Phi) is 5.78. The predicted molar refractivity (Wildman–Crippen MR) is 87.4 cm³/mol. The van der Waals surface area contributed by atoms with Crippen LogP contribution >= 0.6 is 11.3 Å². The van der Waals surface area contributed by atoms with Gasteiger partial charge in [0.1, 0.15) is 10.0 Å². The topological polar surface area (TPSA) is 124 Å². The van der Waals surface area contributed by atoms with Gasteiger partial charge in [0.25, 0.3) is 0 Å². The molecule has 7 nitrogen and oxygen atoms in total. The molecule has 1 atom stereocenters. The lowest BCUT2D eigenvalue weighted by atomic mass is 10.0. The Morgan fingerprint density at radius 1 is 1.30 bits per heavy atom. The fourth-order valence-corrected chi connectivity index (χ4v) is 3.10. The van der Waals surface area contributed by atoms with Gasteiger partial charge in [0.15, 0.2) is 0 Å². The van der Waals surface area contributed by atoms with Crippen LogP contribution in [-0.2, 0) is 29.0 Å². The Morgan fingerprint density at radius 3 is 2.70 bits per heavy atom. The molecule has 1 heterocycles. The number of carbonyl (C=O) groups is 2. The molecular formula is C15H19N5O2S. The number of nitrogens with two attached hydrogens (primary N) is 2. The van der Waals surface area contributed by atoms with E-state index >= 15 is 0 Å². The number of nitrogens with one attached hydrogen (secondary N) is 1. The van der Waals surface area contributed by atoms with Gasteiger partial charge in [-0.25, -0.2) is 0 Å². The van der Waals surface area contributed by atoms with Crippen molar-refractivity contribution in [3.8, 4) is 0 Å². The van der Waals surface area contributed by atoms with E-state index in [1.165, 1.54) is 18.3 Å². The molecule has 1 aromatic carbocycles. The van der Waals surface area contributed by atoms with E-state index in [0.717, 1.165) is 11.1 Å². The molecule has 1 aromatic heterocycles. The van der Waals surface area contributed by atoms with E-state index in [2.05, 4.69) is 15.5 Å². The summed E-state index contributed by atoms with van der Waals surface area (Å²) in [6.07, 6.45) is 0.617. The van der Waals surface area contributed by atoms with Crippen LogP contribution in [0.2, 0.25) is 0 Å². The van der Waals surface area contributed by atoms with Crippen LogP contribution in [0.5, 0.6) is 0 Å². The number of aromatic nitrogens is 2. The highest BCUT2D eigenvalue weighted by molar-refractivity contribution is 7.11. The average Bonchev–Trinajstić information content (AvgIpc) is 2.94. The minimum atomic E-state index is -0.459. The van der Waals surface area contributed by atoms with Gasteiger partial charge in [0, 0.05) is 13.5 Å².